The molecule has 202 valence electrons. The highest BCUT2D eigenvalue weighted by Crippen LogP contribution is 2.29. The van der Waals surface area contributed by atoms with Crippen LogP contribution in [-0.2, 0) is 10.0 Å². The number of rotatable bonds is 6. The Morgan fingerprint density at radius 3 is 2.76 bits per heavy atom. The number of phenolic OH excluding ortho intramolecular Hbond substituents is 1. The molecule has 2 aromatic carbocycles. The minimum Gasteiger partial charge on any atom is -0.508 e. The summed E-state index contributed by atoms with van der Waals surface area (Å²) in [5.41, 5.74) is 0.342. The molecule has 1 aliphatic rings. The van der Waals surface area contributed by atoms with E-state index in [4.69, 9.17) is 9.88 Å². The second-order valence-corrected chi connectivity index (χ2v) is 10.7. The molecule has 9 nitrogen and oxygen atoms in total. The van der Waals surface area contributed by atoms with E-state index in [0.717, 1.165) is 6.07 Å². The molecule has 1 fully saturated rings. The molecule has 38 heavy (non-hydrogen) atoms. The number of aliphatic imine (C=N–C) groups is 1. The monoisotopic (exact) mass is 549 g/mol. The van der Waals surface area contributed by atoms with E-state index in [0.29, 0.717) is 19.4 Å². The number of sulfonamides is 1. The van der Waals surface area contributed by atoms with Crippen LogP contribution >= 0.6 is 0 Å². The predicted molar refractivity (Wildman–Crippen MR) is 139 cm³/mol. The quantitative estimate of drug-likeness (QED) is 0.450. The van der Waals surface area contributed by atoms with Gasteiger partial charge in [0.05, 0.1) is 18.1 Å². The molecule has 1 aliphatic heterocycles. The number of methoxy groups -OCH3 is 1. The fourth-order valence-electron chi connectivity index (χ4n) is 4.61. The highest BCUT2D eigenvalue weighted by molar-refractivity contribution is 7.89. The molecule has 13 heteroatoms. The largest absolute Gasteiger partial charge is 0.508 e. The summed E-state index contributed by atoms with van der Waals surface area (Å²) in [7, 11) is -2.38. The first-order valence-corrected chi connectivity index (χ1v) is 13.4. The van der Waals surface area contributed by atoms with Gasteiger partial charge in [-0.1, -0.05) is 6.07 Å². The normalized spacial score (nSPS) is 17.9. The molecule has 1 unspecified atom stereocenters. The number of hydrogen-bond acceptors (Lipinski definition) is 8. The van der Waals surface area contributed by atoms with Crippen LogP contribution in [0, 0.1) is 17.6 Å². The van der Waals surface area contributed by atoms with E-state index in [1.807, 2.05) is 0 Å². The SMILES string of the molecule is COc1nc(N2CCCC(CS(N)(=O)=O)C2)c(=C/N=C(C)c2cc(O)cc3ccc(F)c(F)c23)/c(=C/F)n1. The molecule has 0 saturated carbocycles. The van der Waals surface area contributed by atoms with Crippen molar-refractivity contribution < 1.29 is 31.4 Å². The highest BCUT2D eigenvalue weighted by Gasteiger charge is 2.26. The van der Waals surface area contributed by atoms with E-state index in [9.17, 15) is 26.7 Å². The maximum atomic E-state index is 14.7. The molecule has 1 aromatic heterocycles. The molecule has 3 N–H and O–H groups in total. The van der Waals surface area contributed by atoms with E-state index in [2.05, 4.69) is 15.0 Å². The Bertz CT molecular complexity index is 1650. The Labute approximate surface area is 216 Å². The number of aromatic nitrogens is 2. The summed E-state index contributed by atoms with van der Waals surface area (Å²) in [6.45, 7) is 2.31. The predicted octanol–water partition coefficient (Wildman–Crippen LogP) is 2.08. The van der Waals surface area contributed by atoms with E-state index in [1.165, 1.54) is 38.4 Å². The molecule has 0 bridgehead atoms. The van der Waals surface area contributed by atoms with Gasteiger partial charge in [0.25, 0.3) is 0 Å². The Morgan fingerprint density at radius 2 is 2.08 bits per heavy atom. The first kappa shape index (κ1) is 27.3. The van der Waals surface area contributed by atoms with Crippen LogP contribution in [0.15, 0.2) is 29.3 Å². The van der Waals surface area contributed by atoms with Gasteiger partial charge in [0.15, 0.2) is 11.6 Å². The van der Waals surface area contributed by atoms with Crippen LogP contribution in [0.3, 0.4) is 0 Å². The number of piperidine rings is 1. The van der Waals surface area contributed by atoms with Gasteiger partial charge in [0.1, 0.15) is 23.2 Å². The molecule has 0 amide bonds. The number of halogens is 3. The summed E-state index contributed by atoms with van der Waals surface area (Å²) in [4.78, 5) is 14.5. The van der Waals surface area contributed by atoms with Crippen molar-refractivity contribution in [3.63, 3.8) is 0 Å². The number of primary sulfonamides is 1. The summed E-state index contributed by atoms with van der Waals surface area (Å²) < 4.78 is 71.1. The highest BCUT2D eigenvalue weighted by atomic mass is 32.2. The van der Waals surface area contributed by atoms with Crippen LogP contribution in [0.2, 0.25) is 0 Å². The van der Waals surface area contributed by atoms with Gasteiger partial charge in [-0.15, -0.1) is 0 Å². The van der Waals surface area contributed by atoms with Crippen molar-refractivity contribution in [2.45, 2.75) is 19.8 Å². The first-order chi connectivity index (χ1) is 18.0. The summed E-state index contributed by atoms with van der Waals surface area (Å²) in [5.74, 6) is -2.54. The van der Waals surface area contributed by atoms with E-state index < -0.39 is 21.7 Å². The van der Waals surface area contributed by atoms with Crippen molar-refractivity contribution in [1.82, 2.24) is 9.97 Å². The molecule has 4 rings (SSSR count). The fourth-order valence-corrected chi connectivity index (χ4v) is 5.54. The lowest BCUT2D eigenvalue weighted by atomic mass is 10.00. The second-order valence-electron chi connectivity index (χ2n) is 9.02. The summed E-state index contributed by atoms with van der Waals surface area (Å²) in [6.07, 6.45) is 2.82. The third kappa shape index (κ3) is 5.89. The minimum atomic E-state index is -3.70. The molecule has 0 spiro atoms. The lowest BCUT2D eigenvalue weighted by Crippen LogP contribution is -2.44. The number of ether oxygens (including phenoxy) is 1. The van der Waals surface area contributed by atoms with Crippen molar-refractivity contribution in [2.75, 3.05) is 30.9 Å². The zero-order valence-corrected chi connectivity index (χ0v) is 21.5. The molecule has 3 aromatic rings. The lowest BCUT2D eigenvalue weighted by molar-refractivity contribution is 0.375. The second kappa shape index (κ2) is 11.0. The van der Waals surface area contributed by atoms with Crippen LogP contribution in [0.25, 0.3) is 23.3 Å². The van der Waals surface area contributed by atoms with Crippen molar-refractivity contribution in [3.8, 4) is 11.8 Å². The Hall–Kier alpha value is -3.71. The van der Waals surface area contributed by atoms with Gasteiger partial charge < -0.3 is 14.7 Å². The number of aromatic hydroxyl groups is 1. The summed E-state index contributed by atoms with van der Waals surface area (Å²) in [5, 5.41) is 15.6. The lowest BCUT2D eigenvalue weighted by Gasteiger charge is -2.33. The number of phenols is 1. The van der Waals surface area contributed by atoms with Crippen molar-refractivity contribution >= 4 is 44.9 Å². The zero-order chi connectivity index (χ0) is 27.6. The van der Waals surface area contributed by atoms with Gasteiger partial charge in [-0.25, -0.2) is 26.7 Å². The Balaban J connectivity index is 1.87. The average Bonchev–Trinajstić information content (AvgIpc) is 2.87. The van der Waals surface area contributed by atoms with Gasteiger partial charge in [0.2, 0.25) is 10.0 Å². The first-order valence-electron chi connectivity index (χ1n) is 11.6. The van der Waals surface area contributed by atoms with Gasteiger partial charge in [-0.05, 0) is 49.3 Å². The number of benzene rings is 2. The topological polar surface area (TPSA) is 131 Å². The van der Waals surface area contributed by atoms with Crippen molar-refractivity contribution in [2.24, 2.45) is 16.0 Å². The number of nitrogens with zero attached hydrogens (tertiary/aromatic N) is 4. The van der Waals surface area contributed by atoms with Crippen molar-refractivity contribution in [3.05, 3.63) is 52.0 Å². The van der Waals surface area contributed by atoms with E-state index >= 15 is 0 Å². The molecule has 0 aliphatic carbocycles. The summed E-state index contributed by atoms with van der Waals surface area (Å²) in [6, 6.07) is 4.76. The maximum absolute atomic E-state index is 14.7. The van der Waals surface area contributed by atoms with E-state index in [1.54, 1.807) is 4.90 Å². The van der Waals surface area contributed by atoms with Crippen LogP contribution in [-0.4, -0.2) is 55.2 Å². The van der Waals surface area contributed by atoms with Gasteiger partial charge >= 0.3 is 6.01 Å². The number of hydrogen-bond donors (Lipinski definition) is 2. The van der Waals surface area contributed by atoms with Crippen molar-refractivity contribution in [1.29, 1.82) is 0 Å². The van der Waals surface area contributed by atoms with Crippen LogP contribution < -0.4 is 25.3 Å². The van der Waals surface area contributed by atoms with Crippen LogP contribution in [0.5, 0.6) is 11.8 Å². The van der Waals surface area contributed by atoms with E-state index in [-0.39, 0.29) is 74.7 Å². The third-order valence-electron chi connectivity index (χ3n) is 6.28. The van der Waals surface area contributed by atoms with Gasteiger partial charge in [0, 0.05) is 36.0 Å². The maximum Gasteiger partial charge on any atom is 0.318 e. The van der Waals surface area contributed by atoms with Gasteiger partial charge in [-0.2, -0.15) is 9.97 Å². The minimum absolute atomic E-state index is 0.0669. The molecule has 2 heterocycles. The van der Waals surface area contributed by atoms with Gasteiger partial charge in [-0.3, -0.25) is 4.99 Å². The smallest absolute Gasteiger partial charge is 0.318 e. The molecule has 1 atom stereocenters. The van der Waals surface area contributed by atoms with Crippen LogP contribution in [0.1, 0.15) is 25.3 Å². The number of nitrogens with two attached hydrogens (primary N) is 1. The average molecular weight is 550 g/mol. The Morgan fingerprint density at radius 1 is 1.32 bits per heavy atom. The standard InChI is InChI=1S/C25H26F3N5O4S/c1-14(18-9-17(34)8-16-5-6-20(27)23(28)22(16)18)30-11-19-21(10-26)31-25(37-2)32-24(19)33-7-3-4-15(12-33)13-38(29,35)36/h5-6,8-11,15,34H,3-4,7,12-13H2,1-2H3,(H2,29,35,36)/b19-11+,21-10-,30-14?. The zero-order valence-electron chi connectivity index (χ0n) is 20.7. The molecular weight excluding hydrogens is 523 g/mol. The Kier molecular flexibility index (Phi) is 7.88. The number of anilines is 1. The molecule has 0 radical (unpaired) electrons. The number of fused-ring (bicyclic) bond motifs is 1. The molecule has 1 saturated heterocycles. The van der Waals surface area contributed by atoms with Crippen LogP contribution in [0.4, 0.5) is 19.0 Å². The molecular formula is C25H26F3N5O4S. The fraction of sp³-hybridized carbons (Fsp3) is 0.320. The summed E-state index contributed by atoms with van der Waals surface area (Å²) >= 11 is 0. The third-order valence-corrected chi connectivity index (χ3v) is 7.21.